The second-order valence-electron chi connectivity index (χ2n) is 3.06. The highest BCUT2D eigenvalue weighted by Gasteiger charge is 2.04. The molecule has 0 atom stereocenters. The summed E-state index contributed by atoms with van der Waals surface area (Å²) in [7, 11) is 0. The number of halogens is 3. The fraction of sp³-hybridized carbons (Fsp3) is 0.0909. The summed E-state index contributed by atoms with van der Waals surface area (Å²) >= 11 is 18.8. The lowest BCUT2D eigenvalue weighted by Gasteiger charge is -2.02. The van der Waals surface area contributed by atoms with E-state index in [-0.39, 0.29) is 0 Å². The van der Waals surface area contributed by atoms with Gasteiger partial charge in [0.05, 0.1) is 10.0 Å². The van der Waals surface area contributed by atoms with E-state index in [1.165, 1.54) is 9.35 Å². The molecule has 84 valence electrons. The van der Waals surface area contributed by atoms with Crippen molar-refractivity contribution in [1.29, 1.82) is 0 Å². The van der Waals surface area contributed by atoms with Crippen LogP contribution in [0, 0.1) is 0 Å². The van der Waals surface area contributed by atoms with E-state index in [1.54, 1.807) is 23.1 Å². The molecule has 1 aromatic carbocycles. The van der Waals surface area contributed by atoms with Crippen molar-refractivity contribution in [2.24, 2.45) is 0 Å². The number of thioether (sulfide) groups is 1. The molecule has 0 radical (unpaired) electrons. The minimum atomic E-state index is 0.600. The van der Waals surface area contributed by atoms with E-state index in [0.717, 1.165) is 10.6 Å². The van der Waals surface area contributed by atoms with E-state index in [0.29, 0.717) is 10.0 Å². The highest BCUT2D eigenvalue weighted by atomic mass is 79.9. The summed E-state index contributed by atoms with van der Waals surface area (Å²) in [5.74, 6) is 0.941. The normalized spacial score (nSPS) is 10.7. The van der Waals surface area contributed by atoms with Crippen molar-refractivity contribution in [3.05, 3.63) is 49.0 Å². The summed E-state index contributed by atoms with van der Waals surface area (Å²) in [6, 6.07) is 7.78. The third-order valence-electron chi connectivity index (χ3n) is 1.95. The van der Waals surface area contributed by atoms with Gasteiger partial charge in [-0.05, 0) is 45.6 Å². The maximum absolute atomic E-state index is 5.95. The Labute approximate surface area is 121 Å². The summed E-state index contributed by atoms with van der Waals surface area (Å²) in [5, 5.41) is 3.29. The topological polar surface area (TPSA) is 0 Å². The van der Waals surface area contributed by atoms with Crippen LogP contribution in [0.4, 0.5) is 0 Å². The Morgan fingerprint density at radius 2 is 2.00 bits per heavy atom. The Hall–Kier alpha value is 0.330. The highest BCUT2D eigenvalue weighted by Crippen LogP contribution is 2.33. The Morgan fingerprint density at radius 3 is 2.62 bits per heavy atom. The first-order chi connectivity index (χ1) is 7.66. The summed E-state index contributed by atoms with van der Waals surface area (Å²) in [5.41, 5.74) is 0. The van der Waals surface area contributed by atoms with E-state index in [2.05, 4.69) is 27.4 Å². The molecule has 0 aliphatic heterocycles. The van der Waals surface area contributed by atoms with Crippen molar-refractivity contribution < 1.29 is 0 Å². The maximum atomic E-state index is 5.95. The molecule has 2 aromatic rings. The van der Waals surface area contributed by atoms with Crippen LogP contribution in [-0.2, 0) is 5.75 Å². The second-order valence-corrected chi connectivity index (χ2v) is 6.77. The summed E-state index contributed by atoms with van der Waals surface area (Å²) in [6.07, 6.45) is 0. The van der Waals surface area contributed by atoms with Gasteiger partial charge in [-0.2, -0.15) is 0 Å². The van der Waals surface area contributed by atoms with Crippen LogP contribution < -0.4 is 0 Å². The van der Waals surface area contributed by atoms with Gasteiger partial charge in [-0.25, -0.2) is 0 Å². The van der Waals surface area contributed by atoms with E-state index >= 15 is 0 Å². The third-order valence-corrected chi connectivity index (χ3v) is 5.82. The smallest absolute Gasteiger partial charge is 0.0603 e. The summed E-state index contributed by atoms with van der Waals surface area (Å²) in [6.45, 7) is 0. The molecule has 0 saturated carbocycles. The molecule has 2 rings (SSSR count). The largest absolute Gasteiger partial charge is 0.147 e. The number of benzene rings is 1. The van der Waals surface area contributed by atoms with Crippen molar-refractivity contribution in [2.75, 3.05) is 0 Å². The van der Waals surface area contributed by atoms with Gasteiger partial charge in [0.25, 0.3) is 0 Å². The zero-order valence-electron chi connectivity index (χ0n) is 8.04. The van der Waals surface area contributed by atoms with Gasteiger partial charge in [-0.3, -0.25) is 0 Å². The van der Waals surface area contributed by atoms with Crippen LogP contribution in [0.25, 0.3) is 0 Å². The quantitative estimate of drug-likeness (QED) is 0.600. The first-order valence-corrected chi connectivity index (χ1v) is 7.88. The molecule has 5 heteroatoms. The van der Waals surface area contributed by atoms with Crippen LogP contribution in [0.3, 0.4) is 0 Å². The summed E-state index contributed by atoms with van der Waals surface area (Å²) in [4.78, 5) is 2.46. The van der Waals surface area contributed by atoms with Gasteiger partial charge in [-0.1, -0.05) is 23.2 Å². The molecule has 16 heavy (non-hydrogen) atoms. The average molecular weight is 354 g/mol. The lowest BCUT2D eigenvalue weighted by atomic mass is 10.4. The first kappa shape index (κ1) is 12.8. The highest BCUT2D eigenvalue weighted by molar-refractivity contribution is 9.10. The number of hydrogen-bond acceptors (Lipinski definition) is 2. The predicted molar refractivity (Wildman–Crippen MR) is 78.0 cm³/mol. The molecule has 0 saturated heterocycles. The third kappa shape index (κ3) is 3.17. The van der Waals surface area contributed by atoms with Crippen LogP contribution in [0.1, 0.15) is 4.88 Å². The van der Waals surface area contributed by atoms with Gasteiger partial charge in [0.15, 0.2) is 0 Å². The van der Waals surface area contributed by atoms with Crippen molar-refractivity contribution in [1.82, 2.24) is 0 Å². The Balaban J connectivity index is 2.05. The van der Waals surface area contributed by atoms with Crippen LogP contribution in [-0.4, -0.2) is 0 Å². The van der Waals surface area contributed by atoms with Crippen LogP contribution in [0.5, 0.6) is 0 Å². The average Bonchev–Trinajstić information content (AvgIpc) is 2.66. The molecule has 0 bridgehead atoms. The first-order valence-electron chi connectivity index (χ1n) is 4.46. The SMILES string of the molecule is Clc1ccc(SCc2sccc2Br)cc1Cl. The molecule has 1 aromatic heterocycles. The van der Waals surface area contributed by atoms with Gasteiger partial charge in [-0.15, -0.1) is 23.1 Å². The molecule has 0 spiro atoms. The second kappa shape index (κ2) is 5.78. The maximum Gasteiger partial charge on any atom is 0.0603 e. The molecule has 1 heterocycles. The van der Waals surface area contributed by atoms with Crippen LogP contribution in [0.15, 0.2) is 39.0 Å². The molecule has 0 aliphatic rings. The fourth-order valence-corrected chi connectivity index (χ4v) is 4.24. The van der Waals surface area contributed by atoms with Crippen LogP contribution >= 0.6 is 62.2 Å². The lowest BCUT2D eigenvalue weighted by molar-refractivity contribution is 1.42. The Kier molecular flexibility index (Phi) is 4.62. The van der Waals surface area contributed by atoms with Gasteiger partial charge < -0.3 is 0 Å². The molecular weight excluding hydrogens is 347 g/mol. The molecule has 0 nitrogen and oxygen atoms in total. The van der Waals surface area contributed by atoms with E-state index in [1.807, 2.05) is 18.2 Å². The van der Waals surface area contributed by atoms with Gasteiger partial charge >= 0.3 is 0 Å². The molecule has 0 N–H and O–H groups in total. The van der Waals surface area contributed by atoms with Crippen LogP contribution in [0.2, 0.25) is 10.0 Å². The number of hydrogen-bond donors (Lipinski definition) is 0. The predicted octanol–water partition coefficient (Wildman–Crippen LogP) is 6.11. The Bertz CT molecular complexity index is 496. The summed E-state index contributed by atoms with van der Waals surface area (Å²) < 4.78 is 1.17. The molecular formula is C11H7BrCl2S2. The minimum Gasteiger partial charge on any atom is -0.147 e. The van der Waals surface area contributed by atoms with E-state index < -0.39 is 0 Å². The van der Waals surface area contributed by atoms with Gasteiger partial charge in [0.2, 0.25) is 0 Å². The molecule has 0 fully saturated rings. The van der Waals surface area contributed by atoms with Crippen molar-refractivity contribution in [3.8, 4) is 0 Å². The van der Waals surface area contributed by atoms with Crippen molar-refractivity contribution >= 4 is 62.2 Å². The number of rotatable bonds is 3. The monoisotopic (exact) mass is 352 g/mol. The van der Waals surface area contributed by atoms with Crippen molar-refractivity contribution in [3.63, 3.8) is 0 Å². The van der Waals surface area contributed by atoms with Crippen molar-refractivity contribution in [2.45, 2.75) is 10.6 Å². The Morgan fingerprint density at radius 1 is 1.19 bits per heavy atom. The standard InChI is InChI=1S/C11H7BrCl2S2/c12-8-3-4-15-11(8)6-16-7-1-2-9(13)10(14)5-7/h1-5H,6H2. The molecule has 0 amide bonds. The van der Waals surface area contributed by atoms with Gasteiger partial charge in [0.1, 0.15) is 0 Å². The fourth-order valence-electron chi connectivity index (χ4n) is 1.14. The lowest BCUT2D eigenvalue weighted by Crippen LogP contribution is -1.77. The number of thiophene rings is 1. The minimum absolute atomic E-state index is 0.600. The zero-order valence-corrected chi connectivity index (χ0v) is 12.8. The molecule has 0 unspecified atom stereocenters. The van der Waals surface area contributed by atoms with E-state index in [4.69, 9.17) is 23.2 Å². The zero-order chi connectivity index (χ0) is 11.5. The van der Waals surface area contributed by atoms with E-state index in [9.17, 15) is 0 Å². The molecule has 0 aliphatic carbocycles. The van der Waals surface area contributed by atoms with Gasteiger partial charge in [0, 0.05) is 20.0 Å².